The molecule has 3 rings (SSSR count). The quantitative estimate of drug-likeness (QED) is 0.289. The number of hydrogen-bond acceptors (Lipinski definition) is 6. The summed E-state index contributed by atoms with van der Waals surface area (Å²) in [7, 11) is 1.83. The number of hydrogen-bond donors (Lipinski definition) is 3. The number of imidazole rings is 1. The Kier molecular flexibility index (Phi) is 7.94. The van der Waals surface area contributed by atoms with Crippen LogP contribution in [0.5, 0.6) is 0 Å². The highest BCUT2D eigenvalue weighted by atomic mass is 35.5. The molecule has 0 aliphatic heterocycles. The van der Waals surface area contributed by atoms with Crippen LogP contribution in [0.3, 0.4) is 0 Å². The lowest BCUT2D eigenvalue weighted by atomic mass is 10.1. The van der Waals surface area contributed by atoms with Crippen molar-refractivity contribution in [2.24, 2.45) is 7.05 Å². The summed E-state index contributed by atoms with van der Waals surface area (Å²) in [6.45, 7) is 0.414. The molecular formula is C19H16Cl2N4O6. The number of nitro groups is 1. The molecule has 0 saturated carbocycles. The van der Waals surface area contributed by atoms with Gasteiger partial charge in [0.15, 0.2) is 0 Å². The van der Waals surface area contributed by atoms with Gasteiger partial charge in [0, 0.05) is 46.9 Å². The third-order valence-corrected chi connectivity index (χ3v) is 4.72. The number of carboxylic acids is 2. The van der Waals surface area contributed by atoms with Gasteiger partial charge in [0.25, 0.3) is 5.69 Å². The number of anilines is 1. The number of aliphatic carboxylic acids is 2. The second-order valence-corrected chi connectivity index (χ2v) is 6.81. The van der Waals surface area contributed by atoms with Crippen LogP contribution >= 0.6 is 23.2 Å². The standard InChI is InChI=1S/C17H14Cl2N4O2.C2H2O4/c1-22-16(11-4-2-5-12(8-11)23(24)25)10-21-17(22)20-9-13-14(18)6-3-7-15(13)19;3-1(4)2(5)6/h2-8,10H,9H2,1H3,(H,20,21);(H,3,4)(H,5,6). The lowest BCUT2D eigenvalue weighted by Crippen LogP contribution is -2.09. The minimum absolute atomic E-state index is 0.0380. The van der Waals surface area contributed by atoms with Crippen LogP contribution in [-0.4, -0.2) is 36.6 Å². The molecule has 0 fully saturated rings. The zero-order valence-corrected chi connectivity index (χ0v) is 17.5. The van der Waals surface area contributed by atoms with Crippen molar-refractivity contribution in [3.05, 3.63) is 74.4 Å². The molecule has 3 aromatic rings. The number of aromatic nitrogens is 2. The molecular weight excluding hydrogens is 451 g/mol. The molecule has 1 heterocycles. The summed E-state index contributed by atoms with van der Waals surface area (Å²) in [5.74, 6) is -3.04. The van der Waals surface area contributed by atoms with E-state index in [1.54, 1.807) is 36.5 Å². The second-order valence-electron chi connectivity index (χ2n) is 6.00. The zero-order chi connectivity index (χ0) is 23.1. The lowest BCUT2D eigenvalue weighted by molar-refractivity contribution is -0.384. The molecule has 0 atom stereocenters. The normalized spacial score (nSPS) is 10.0. The van der Waals surface area contributed by atoms with E-state index in [0.717, 1.165) is 11.3 Å². The van der Waals surface area contributed by atoms with Crippen molar-refractivity contribution in [1.29, 1.82) is 0 Å². The predicted molar refractivity (Wildman–Crippen MR) is 114 cm³/mol. The van der Waals surface area contributed by atoms with Crippen molar-refractivity contribution >= 4 is 46.8 Å². The van der Waals surface area contributed by atoms with Crippen molar-refractivity contribution < 1.29 is 24.7 Å². The van der Waals surface area contributed by atoms with Gasteiger partial charge in [-0.15, -0.1) is 0 Å². The molecule has 0 aliphatic carbocycles. The Morgan fingerprint density at radius 1 is 1.13 bits per heavy atom. The number of nitrogens with one attached hydrogen (secondary N) is 1. The molecule has 31 heavy (non-hydrogen) atoms. The summed E-state index contributed by atoms with van der Waals surface area (Å²) in [4.78, 5) is 33.1. The summed E-state index contributed by atoms with van der Waals surface area (Å²) >= 11 is 12.3. The van der Waals surface area contributed by atoms with Gasteiger partial charge in [0.1, 0.15) is 0 Å². The largest absolute Gasteiger partial charge is 0.473 e. The van der Waals surface area contributed by atoms with Crippen molar-refractivity contribution in [2.75, 3.05) is 5.32 Å². The fraction of sp³-hybridized carbons (Fsp3) is 0.105. The molecule has 12 heteroatoms. The van der Waals surface area contributed by atoms with E-state index in [4.69, 9.17) is 43.0 Å². The SMILES string of the molecule is Cn1c(-c2cccc([N+](=O)[O-])c2)cnc1NCc1c(Cl)cccc1Cl.O=C(O)C(=O)O. The third-order valence-electron chi connectivity index (χ3n) is 4.01. The van der Waals surface area contributed by atoms with Crippen LogP contribution in [0.25, 0.3) is 11.3 Å². The summed E-state index contributed by atoms with van der Waals surface area (Å²) < 4.78 is 1.82. The number of rotatable bonds is 5. The van der Waals surface area contributed by atoms with Gasteiger partial charge in [-0.3, -0.25) is 10.1 Å². The maximum atomic E-state index is 10.9. The van der Waals surface area contributed by atoms with E-state index in [9.17, 15) is 10.1 Å². The maximum absolute atomic E-state index is 10.9. The van der Waals surface area contributed by atoms with Crippen molar-refractivity contribution in [2.45, 2.75) is 6.54 Å². The van der Waals surface area contributed by atoms with Gasteiger partial charge < -0.3 is 20.1 Å². The summed E-state index contributed by atoms with van der Waals surface area (Å²) in [6.07, 6.45) is 1.66. The van der Waals surface area contributed by atoms with Crippen molar-refractivity contribution in [3.63, 3.8) is 0 Å². The number of non-ortho nitro benzene ring substituents is 1. The van der Waals surface area contributed by atoms with Gasteiger partial charge in [-0.1, -0.05) is 41.4 Å². The summed E-state index contributed by atoms with van der Waals surface area (Å²) in [5.41, 5.74) is 2.30. The Labute approximate surface area is 185 Å². The van der Waals surface area contributed by atoms with Gasteiger partial charge in [0.2, 0.25) is 5.95 Å². The average Bonchev–Trinajstić information content (AvgIpc) is 3.08. The molecule has 0 bridgehead atoms. The van der Waals surface area contributed by atoms with Crippen LogP contribution in [0, 0.1) is 10.1 Å². The van der Waals surface area contributed by atoms with Crippen LogP contribution in [0.4, 0.5) is 11.6 Å². The van der Waals surface area contributed by atoms with Crippen LogP contribution in [-0.2, 0) is 23.2 Å². The molecule has 0 unspecified atom stereocenters. The number of nitro benzene ring substituents is 1. The molecule has 10 nitrogen and oxygen atoms in total. The van der Waals surface area contributed by atoms with E-state index in [2.05, 4.69) is 10.3 Å². The number of carboxylic acid groups (broad SMARTS) is 2. The smallest absolute Gasteiger partial charge is 0.414 e. The molecule has 0 saturated heterocycles. The Morgan fingerprint density at radius 2 is 1.71 bits per heavy atom. The monoisotopic (exact) mass is 466 g/mol. The first-order chi connectivity index (χ1) is 14.6. The van der Waals surface area contributed by atoms with Gasteiger partial charge in [-0.05, 0) is 12.1 Å². The second kappa shape index (κ2) is 10.4. The highest BCUT2D eigenvalue weighted by molar-refractivity contribution is 6.36. The fourth-order valence-electron chi connectivity index (χ4n) is 2.49. The highest BCUT2D eigenvalue weighted by Crippen LogP contribution is 2.27. The molecule has 162 valence electrons. The minimum atomic E-state index is -1.82. The zero-order valence-electron chi connectivity index (χ0n) is 16.0. The Bertz CT molecular complexity index is 1100. The molecule has 0 spiro atoms. The lowest BCUT2D eigenvalue weighted by Gasteiger charge is -2.10. The van der Waals surface area contributed by atoms with Gasteiger partial charge in [0.05, 0.1) is 16.8 Å². The van der Waals surface area contributed by atoms with E-state index in [0.29, 0.717) is 28.1 Å². The Balaban J connectivity index is 0.000000501. The Morgan fingerprint density at radius 3 is 2.26 bits per heavy atom. The first-order valence-electron chi connectivity index (χ1n) is 8.51. The third kappa shape index (κ3) is 6.17. The van der Waals surface area contributed by atoms with Crippen LogP contribution in [0.2, 0.25) is 10.0 Å². The van der Waals surface area contributed by atoms with Crippen molar-refractivity contribution in [1.82, 2.24) is 9.55 Å². The van der Waals surface area contributed by atoms with Gasteiger partial charge in [-0.25, -0.2) is 14.6 Å². The fourth-order valence-corrected chi connectivity index (χ4v) is 3.02. The molecule has 3 N–H and O–H groups in total. The van der Waals surface area contributed by atoms with E-state index < -0.39 is 16.9 Å². The molecule has 2 aromatic carbocycles. The van der Waals surface area contributed by atoms with E-state index in [-0.39, 0.29) is 5.69 Å². The van der Waals surface area contributed by atoms with E-state index >= 15 is 0 Å². The number of carbonyl (C=O) groups is 2. The van der Waals surface area contributed by atoms with Crippen molar-refractivity contribution in [3.8, 4) is 11.3 Å². The molecule has 1 aromatic heterocycles. The summed E-state index contributed by atoms with van der Waals surface area (Å²) in [5, 5.41) is 30.1. The molecule has 0 radical (unpaired) electrons. The predicted octanol–water partition coefficient (Wildman–Crippen LogP) is 4.07. The van der Waals surface area contributed by atoms with Gasteiger partial charge in [-0.2, -0.15) is 0 Å². The first-order valence-corrected chi connectivity index (χ1v) is 9.27. The average molecular weight is 467 g/mol. The van der Waals surface area contributed by atoms with Crippen LogP contribution in [0.1, 0.15) is 5.56 Å². The Hall–Kier alpha value is -3.63. The van der Waals surface area contributed by atoms with E-state index in [1.807, 2.05) is 11.6 Å². The number of nitrogens with zero attached hydrogens (tertiary/aromatic N) is 3. The number of halogens is 2. The summed E-state index contributed by atoms with van der Waals surface area (Å²) in [6, 6.07) is 11.8. The first kappa shape index (κ1) is 23.6. The topological polar surface area (TPSA) is 148 Å². The van der Waals surface area contributed by atoms with Gasteiger partial charge >= 0.3 is 11.9 Å². The maximum Gasteiger partial charge on any atom is 0.414 e. The minimum Gasteiger partial charge on any atom is -0.473 e. The van der Waals surface area contributed by atoms with Crippen LogP contribution < -0.4 is 5.32 Å². The number of benzene rings is 2. The van der Waals surface area contributed by atoms with Crippen LogP contribution in [0.15, 0.2) is 48.7 Å². The van der Waals surface area contributed by atoms with E-state index in [1.165, 1.54) is 12.1 Å². The molecule has 0 amide bonds. The highest BCUT2D eigenvalue weighted by Gasteiger charge is 2.13. The molecule has 0 aliphatic rings.